The van der Waals surface area contributed by atoms with Crippen LogP contribution in [0.5, 0.6) is 0 Å². The molecule has 2 fully saturated rings. The Hall–Kier alpha value is -1.79. The largest absolute Gasteiger partial charge is 0.361 e. The first kappa shape index (κ1) is 20.1. The van der Waals surface area contributed by atoms with Crippen LogP contribution in [-0.4, -0.2) is 24.1 Å². The first-order valence-corrected chi connectivity index (χ1v) is 13.2. The summed E-state index contributed by atoms with van der Waals surface area (Å²) >= 11 is 0. The predicted octanol–water partition coefficient (Wildman–Crippen LogP) is 2.65. The zero-order valence-corrected chi connectivity index (χ0v) is 18.8. The van der Waals surface area contributed by atoms with Crippen LogP contribution >= 0.6 is 0 Å². The van der Waals surface area contributed by atoms with E-state index < -0.39 is 10.0 Å². The molecule has 5 rings (SSSR count). The Labute approximate surface area is 178 Å². The molecule has 2 aromatic rings. The molecule has 2 aromatic heterocycles. The Kier molecular flexibility index (Phi) is 5.18. The molecule has 5 nitrogen and oxygen atoms in total. The summed E-state index contributed by atoms with van der Waals surface area (Å²) in [6, 6.07) is 2.16. The fourth-order valence-electron chi connectivity index (χ4n) is 6.13. The maximum Gasteiger partial charge on any atom is 0.211 e. The minimum Gasteiger partial charge on any atom is -0.361 e. The standard InChI is InChI=1S/C24H33N3O2S/c1-3-30(28,29)26-14-23-19(7-6-18-13-16-4-5-17(18)12-16)24-20-8-9-25-21(20)10-15(2)11-22(24)27-23/h8-11,15-18,25-27H,3-7,12-14H2,1-2H3. The third-order valence-corrected chi connectivity index (χ3v) is 8.97. The molecule has 0 aliphatic heterocycles. The van der Waals surface area contributed by atoms with Gasteiger partial charge in [0.15, 0.2) is 0 Å². The first-order chi connectivity index (χ1) is 14.4. The van der Waals surface area contributed by atoms with Crippen molar-refractivity contribution >= 4 is 22.2 Å². The molecule has 0 saturated heterocycles. The van der Waals surface area contributed by atoms with E-state index in [-0.39, 0.29) is 5.75 Å². The van der Waals surface area contributed by atoms with Crippen molar-refractivity contribution in [3.8, 4) is 0 Å². The van der Waals surface area contributed by atoms with Crippen molar-refractivity contribution in [3.05, 3.63) is 44.7 Å². The summed E-state index contributed by atoms with van der Waals surface area (Å²) in [5.74, 6) is 3.12. The first-order valence-electron chi connectivity index (χ1n) is 11.5. The average molecular weight is 428 g/mol. The van der Waals surface area contributed by atoms with Crippen LogP contribution in [0.4, 0.5) is 0 Å². The molecule has 162 valence electrons. The predicted molar refractivity (Wildman–Crippen MR) is 120 cm³/mol. The minimum atomic E-state index is -3.23. The Morgan fingerprint density at radius 3 is 2.73 bits per heavy atom. The summed E-state index contributed by atoms with van der Waals surface area (Å²) in [5, 5.41) is 4.79. The van der Waals surface area contributed by atoms with Crippen LogP contribution in [0, 0.1) is 34.1 Å². The monoisotopic (exact) mass is 427 g/mol. The van der Waals surface area contributed by atoms with E-state index in [1.165, 1.54) is 53.5 Å². The molecule has 2 bridgehead atoms. The molecule has 30 heavy (non-hydrogen) atoms. The number of hydrogen-bond donors (Lipinski definition) is 3. The van der Waals surface area contributed by atoms with Gasteiger partial charge in [-0.3, -0.25) is 0 Å². The SMILES string of the molecule is CCS(=O)(=O)NCc1[nH]c2c(c1CCC1CC3CCC1C3)=c1cc[nH]c1=CC(C)C=2. The number of aromatic nitrogens is 2. The van der Waals surface area contributed by atoms with Crippen LogP contribution in [0.2, 0.25) is 0 Å². The molecule has 0 radical (unpaired) electrons. The Morgan fingerprint density at radius 1 is 1.17 bits per heavy atom. The molecule has 2 heterocycles. The Bertz CT molecular complexity index is 1250. The maximum atomic E-state index is 12.1. The molecule has 3 aliphatic carbocycles. The number of H-pyrrole nitrogens is 2. The lowest BCUT2D eigenvalue weighted by Gasteiger charge is -2.21. The van der Waals surface area contributed by atoms with Crippen molar-refractivity contribution < 1.29 is 8.42 Å². The van der Waals surface area contributed by atoms with Crippen LogP contribution in [0.3, 0.4) is 0 Å². The van der Waals surface area contributed by atoms with Gasteiger partial charge in [-0.05, 0) is 74.3 Å². The van der Waals surface area contributed by atoms with E-state index in [1.807, 2.05) is 6.20 Å². The number of fused-ring (bicyclic) bond motifs is 4. The summed E-state index contributed by atoms with van der Waals surface area (Å²) in [6.45, 7) is 4.20. The van der Waals surface area contributed by atoms with E-state index in [2.05, 4.69) is 39.8 Å². The third-order valence-electron chi connectivity index (χ3n) is 7.63. The molecule has 3 N–H and O–H groups in total. The Balaban J connectivity index is 1.57. The van der Waals surface area contributed by atoms with Crippen LogP contribution < -0.4 is 15.4 Å². The van der Waals surface area contributed by atoms with E-state index in [9.17, 15) is 8.42 Å². The highest BCUT2D eigenvalue weighted by molar-refractivity contribution is 7.89. The van der Waals surface area contributed by atoms with E-state index in [0.29, 0.717) is 12.5 Å². The molecule has 4 unspecified atom stereocenters. The lowest BCUT2D eigenvalue weighted by atomic mass is 9.84. The normalized spacial score (nSPS) is 27.3. The van der Waals surface area contributed by atoms with E-state index >= 15 is 0 Å². The molecular weight excluding hydrogens is 394 g/mol. The summed E-state index contributed by atoms with van der Waals surface area (Å²) in [4.78, 5) is 6.98. The molecule has 4 atom stereocenters. The molecule has 0 aromatic carbocycles. The van der Waals surface area contributed by atoms with Gasteiger partial charge in [-0.1, -0.05) is 25.5 Å². The second-order valence-corrected chi connectivity index (χ2v) is 11.7. The van der Waals surface area contributed by atoms with Crippen molar-refractivity contribution in [1.82, 2.24) is 14.7 Å². The Morgan fingerprint density at radius 2 is 2.00 bits per heavy atom. The van der Waals surface area contributed by atoms with Gasteiger partial charge in [-0.2, -0.15) is 0 Å². The van der Waals surface area contributed by atoms with Crippen LogP contribution in [0.1, 0.15) is 57.2 Å². The van der Waals surface area contributed by atoms with E-state index in [1.54, 1.807) is 6.92 Å². The summed E-state index contributed by atoms with van der Waals surface area (Å²) < 4.78 is 27.0. The number of rotatable bonds is 7. The zero-order chi connectivity index (χ0) is 20.9. The minimum absolute atomic E-state index is 0.105. The van der Waals surface area contributed by atoms with Crippen LogP contribution in [0.15, 0.2) is 12.3 Å². The van der Waals surface area contributed by atoms with E-state index in [0.717, 1.165) is 35.2 Å². The van der Waals surface area contributed by atoms with Crippen LogP contribution in [0.25, 0.3) is 12.2 Å². The lowest BCUT2D eigenvalue weighted by molar-refractivity contribution is 0.314. The fourth-order valence-corrected chi connectivity index (χ4v) is 6.70. The topological polar surface area (TPSA) is 77.8 Å². The quantitative estimate of drug-likeness (QED) is 0.635. The number of hydrogen-bond acceptors (Lipinski definition) is 2. The molecular formula is C24H33N3O2S. The van der Waals surface area contributed by atoms with Crippen molar-refractivity contribution in [3.63, 3.8) is 0 Å². The molecule has 3 aliphatic rings. The maximum absolute atomic E-state index is 12.1. The van der Waals surface area contributed by atoms with Gasteiger partial charge in [0.25, 0.3) is 0 Å². The van der Waals surface area contributed by atoms with Gasteiger partial charge in [0.2, 0.25) is 10.0 Å². The fraction of sp³-hybridized carbons (Fsp3) is 0.583. The molecule has 0 spiro atoms. The highest BCUT2D eigenvalue weighted by Crippen LogP contribution is 2.49. The smallest absolute Gasteiger partial charge is 0.211 e. The van der Waals surface area contributed by atoms with Gasteiger partial charge in [-0.15, -0.1) is 0 Å². The number of sulfonamides is 1. The molecule has 0 amide bonds. The van der Waals surface area contributed by atoms with E-state index in [4.69, 9.17) is 0 Å². The highest BCUT2D eigenvalue weighted by atomic mass is 32.2. The van der Waals surface area contributed by atoms with Crippen molar-refractivity contribution in [2.24, 2.45) is 23.7 Å². The average Bonchev–Trinajstić information content (AvgIpc) is 3.48. The van der Waals surface area contributed by atoms with Crippen molar-refractivity contribution in [2.45, 2.75) is 58.9 Å². The summed E-state index contributed by atoms with van der Waals surface area (Å²) in [7, 11) is -3.23. The lowest BCUT2D eigenvalue weighted by Crippen LogP contribution is -2.25. The highest BCUT2D eigenvalue weighted by Gasteiger charge is 2.39. The summed E-state index contributed by atoms with van der Waals surface area (Å²) in [5.41, 5.74) is 2.32. The van der Waals surface area contributed by atoms with Gasteiger partial charge < -0.3 is 9.97 Å². The third kappa shape index (κ3) is 3.69. The van der Waals surface area contributed by atoms with Gasteiger partial charge in [-0.25, -0.2) is 13.1 Å². The van der Waals surface area contributed by atoms with Gasteiger partial charge in [0.1, 0.15) is 0 Å². The van der Waals surface area contributed by atoms with Gasteiger partial charge >= 0.3 is 0 Å². The van der Waals surface area contributed by atoms with Crippen molar-refractivity contribution in [1.29, 1.82) is 0 Å². The zero-order valence-electron chi connectivity index (χ0n) is 18.0. The second kappa shape index (κ2) is 7.72. The molecule has 2 saturated carbocycles. The second-order valence-electron chi connectivity index (χ2n) is 9.57. The number of nitrogens with one attached hydrogen (secondary N) is 3. The van der Waals surface area contributed by atoms with Crippen molar-refractivity contribution in [2.75, 3.05) is 5.75 Å². The number of aromatic amines is 2. The summed E-state index contributed by atoms with van der Waals surface area (Å²) in [6.07, 6.45) is 14.4. The molecule has 6 heteroatoms. The van der Waals surface area contributed by atoms with Gasteiger partial charge in [0.05, 0.1) is 12.3 Å². The van der Waals surface area contributed by atoms with Crippen LogP contribution in [-0.2, 0) is 23.0 Å². The van der Waals surface area contributed by atoms with Gasteiger partial charge in [0, 0.05) is 33.0 Å².